The smallest absolute Gasteiger partial charge is 0.200 e. The SMILES string of the molecule is CCOCCCNCCOc1cc(Br)cc(F)c1F. The van der Waals surface area contributed by atoms with Gasteiger partial charge >= 0.3 is 0 Å². The predicted octanol–water partition coefficient (Wildman–Crippen LogP) is 3.12. The molecular formula is C13H18BrF2NO2. The zero-order valence-corrected chi connectivity index (χ0v) is 12.4. The maximum absolute atomic E-state index is 13.3. The Morgan fingerprint density at radius 3 is 2.74 bits per heavy atom. The van der Waals surface area contributed by atoms with Crippen molar-refractivity contribution >= 4 is 15.9 Å². The van der Waals surface area contributed by atoms with E-state index < -0.39 is 11.6 Å². The van der Waals surface area contributed by atoms with Gasteiger partial charge in [0.2, 0.25) is 5.82 Å². The number of rotatable bonds is 9. The molecule has 0 radical (unpaired) electrons. The van der Waals surface area contributed by atoms with Crippen molar-refractivity contribution < 1.29 is 18.3 Å². The fraction of sp³-hybridized carbons (Fsp3) is 0.538. The molecule has 1 rings (SSSR count). The third-order valence-electron chi connectivity index (χ3n) is 2.34. The molecule has 0 unspecified atom stereocenters. The molecule has 0 aliphatic heterocycles. The van der Waals surface area contributed by atoms with E-state index in [0.29, 0.717) is 11.0 Å². The molecule has 0 aliphatic carbocycles. The van der Waals surface area contributed by atoms with Crippen LogP contribution in [-0.4, -0.2) is 32.9 Å². The second-order valence-electron chi connectivity index (χ2n) is 3.85. The Bertz CT molecular complexity index is 391. The van der Waals surface area contributed by atoms with Gasteiger partial charge in [-0.15, -0.1) is 0 Å². The minimum absolute atomic E-state index is 0.0806. The van der Waals surface area contributed by atoms with Crippen molar-refractivity contribution in [3.05, 3.63) is 28.2 Å². The van der Waals surface area contributed by atoms with Gasteiger partial charge in [-0.3, -0.25) is 0 Å². The summed E-state index contributed by atoms with van der Waals surface area (Å²) in [5.41, 5.74) is 0. The minimum Gasteiger partial charge on any atom is -0.489 e. The van der Waals surface area contributed by atoms with Gasteiger partial charge in [0.15, 0.2) is 11.6 Å². The summed E-state index contributed by atoms with van der Waals surface area (Å²) in [6.45, 7) is 5.04. The van der Waals surface area contributed by atoms with E-state index in [0.717, 1.165) is 32.2 Å². The Balaban J connectivity index is 2.19. The van der Waals surface area contributed by atoms with Crippen LogP contribution >= 0.6 is 15.9 Å². The molecule has 3 nitrogen and oxygen atoms in total. The number of hydrogen-bond acceptors (Lipinski definition) is 3. The molecule has 0 saturated carbocycles. The third kappa shape index (κ3) is 6.31. The van der Waals surface area contributed by atoms with Crippen molar-refractivity contribution in [2.24, 2.45) is 0 Å². The van der Waals surface area contributed by atoms with Crippen LogP contribution in [0, 0.1) is 11.6 Å². The molecule has 0 aliphatic rings. The van der Waals surface area contributed by atoms with E-state index in [1.165, 1.54) is 6.07 Å². The van der Waals surface area contributed by atoms with Gasteiger partial charge in [-0.25, -0.2) is 4.39 Å². The van der Waals surface area contributed by atoms with Crippen LogP contribution in [0.4, 0.5) is 8.78 Å². The Morgan fingerprint density at radius 2 is 2.00 bits per heavy atom. The van der Waals surface area contributed by atoms with Crippen LogP contribution in [0.15, 0.2) is 16.6 Å². The highest BCUT2D eigenvalue weighted by Crippen LogP contribution is 2.25. The molecule has 0 atom stereocenters. The first-order valence-electron chi connectivity index (χ1n) is 6.21. The molecular weight excluding hydrogens is 320 g/mol. The molecule has 0 saturated heterocycles. The van der Waals surface area contributed by atoms with E-state index in [1.807, 2.05) is 6.92 Å². The minimum atomic E-state index is -0.959. The van der Waals surface area contributed by atoms with Gasteiger partial charge in [-0.2, -0.15) is 4.39 Å². The molecule has 1 aromatic carbocycles. The maximum atomic E-state index is 13.3. The topological polar surface area (TPSA) is 30.5 Å². The van der Waals surface area contributed by atoms with Crippen LogP contribution in [0.25, 0.3) is 0 Å². The van der Waals surface area contributed by atoms with Crippen molar-refractivity contribution in [1.29, 1.82) is 0 Å². The van der Waals surface area contributed by atoms with E-state index >= 15 is 0 Å². The zero-order valence-electron chi connectivity index (χ0n) is 10.8. The Kier molecular flexibility index (Phi) is 7.93. The zero-order chi connectivity index (χ0) is 14.1. The molecule has 0 aromatic heterocycles. The van der Waals surface area contributed by atoms with Crippen molar-refractivity contribution in [1.82, 2.24) is 5.32 Å². The molecule has 6 heteroatoms. The largest absolute Gasteiger partial charge is 0.489 e. The van der Waals surface area contributed by atoms with E-state index in [-0.39, 0.29) is 12.4 Å². The van der Waals surface area contributed by atoms with Crippen LogP contribution in [0.3, 0.4) is 0 Å². The predicted molar refractivity (Wildman–Crippen MR) is 73.5 cm³/mol. The van der Waals surface area contributed by atoms with E-state index in [9.17, 15) is 8.78 Å². The molecule has 0 spiro atoms. The summed E-state index contributed by atoms with van der Waals surface area (Å²) in [6.07, 6.45) is 0.910. The van der Waals surface area contributed by atoms with Gasteiger partial charge in [-0.05, 0) is 32.0 Å². The quantitative estimate of drug-likeness (QED) is 0.554. The highest BCUT2D eigenvalue weighted by Gasteiger charge is 2.10. The van der Waals surface area contributed by atoms with Gasteiger partial charge in [0.25, 0.3) is 0 Å². The standard InChI is InChI=1S/C13H18BrF2NO2/c1-2-18-6-3-4-17-5-7-19-12-9-10(14)8-11(15)13(12)16/h8-9,17H,2-7H2,1H3. The van der Waals surface area contributed by atoms with Crippen molar-refractivity contribution in [3.8, 4) is 5.75 Å². The monoisotopic (exact) mass is 337 g/mol. The molecule has 0 bridgehead atoms. The highest BCUT2D eigenvalue weighted by atomic mass is 79.9. The lowest BCUT2D eigenvalue weighted by atomic mass is 10.3. The summed E-state index contributed by atoms with van der Waals surface area (Å²) in [4.78, 5) is 0. The lowest BCUT2D eigenvalue weighted by Gasteiger charge is -2.09. The Labute approximate surface area is 120 Å². The van der Waals surface area contributed by atoms with Crippen LogP contribution in [0.1, 0.15) is 13.3 Å². The number of nitrogens with one attached hydrogen (secondary N) is 1. The van der Waals surface area contributed by atoms with Crippen LogP contribution in [-0.2, 0) is 4.74 Å². The molecule has 0 amide bonds. The lowest BCUT2D eigenvalue weighted by molar-refractivity contribution is 0.144. The van der Waals surface area contributed by atoms with Gasteiger partial charge in [-0.1, -0.05) is 15.9 Å². The number of benzene rings is 1. The van der Waals surface area contributed by atoms with Crippen LogP contribution in [0.5, 0.6) is 5.75 Å². The van der Waals surface area contributed by atoms with Crippen LogP contribution in [0.2, 0.25) is 0 Å². The average Bonchev–Trinajstić information content (AvgIpc) is 2.38. The van der Waals surface area contributed by atoms with Crippen molar-refractivity contribution in [2.75, 3.05) is 32.9 Å². The average molecular weight is 338 g/mol. The van der Waals surface area contributed by atoms with Crippen molar-refractivity contribution in [2.45, 2.75) is 13.3 Å². The summed E-state index contributed by atoms with van der Waals surface area (Å²) >= 11 is 3.09. The molecule has 1 aromatic rings. The Hall–Kier alpha value is -0.720. The first kappa shape index (κ1) is 16.3. The summed E-state index contributed by atoms with van der Waals surface area (Å²) in [6, 6.07) is 2.47. The maximum Gasteiger partial charge on any atom is 0.200 e. The fourth-order valence-electron chi connectivity index (χ4n) is 1.44. The summed E-state index contributed by atoms with van der Waals surface area (Å²) < 4.78 is 37.2. The van der Waals surface area contributed by atoms with Crippen molar-refractivity contribution in [3.63, 3.8) is 0 Å². The second kappa shape index (κ2) is 9.23. The lowest BCUT2D eigenvalue weighted by Crippen LogP contribution is -2.23. The van der Waals surface area contributed by atoms with E-state index in [1.54, 1.807) is 0 Å². The van der Waals surface area contributed by atoms with Gasteiger partial charge in [0.05, 0.1) is 0 Å². The molecule has 0 heterocycles. The number of halogens is 3. The molecule has 0 fully saturated rings. The van der Waals surface area contributed by atoms with Gasteiger partial charge < -0.3 is 14.8 Å². The van der Waals surface area contributed by atoms with Gasteiger partial charge in [0, 0.05) is 24.2 Å². The Morgan fingerprint density at radius 1 is 1.21 bits per heavy atom. The second-order valence-corrected chi connectivity index (χ2v) is 4.76. The van der Waals surface area contributed by atoms with E-state index in [2.05, 4.69) is 21.2 Å². The fourth-order valence-corrected chi connectivity index (χ4v) is 1.85. The molecule has 19 heavy (non-hydrogen) atoms. The normalized spacial score (nSPS) is 10.7. The molecule has 108 valence electrons. The summed E-state index contributed by atoms with van der Waals surface area (Å²) in [7, 11) is 0. The first-order valence-corrected chi connectivity index (χ1v) is 7.00. The third-order valence-corrected chi connectivity index (χ3v) is 2.80. The van der Waals surface area contributed by atoms with E-state index in [4.69, 9.17) is 9.47 Å². The number of ether oxygens (including phenoxy) is 2. The highest BCUT2D eigenvalue weighted by molar-refractivity contribution is 9.10. The summed E-state index contributed by atoms with van der Waals surface area (Å²) in [5.74, 6) is -1.96. The molecule has 1 N–H and O–H groups in total. The number of hydrogen-bond donors (Lipinski definition) is 1. The van der Waals surface area contributed by atoms with Gasteiger partial charge in [0.1, 0.15) is 6.61 Å². The first-order chi connectivity index (χ1) is 9.15. The summed E-state index contributed by atoms with van der Waals surface area (Å²) in [5, 5.41) is 3.13. The van der Waals surface area contributed by atoms with Crippen LogP contribution < -0.4 is 10.1 Å².